The van der Waals surface area contributed by atoms with Crippen molar-refractivity contribution >= 4 is 21.8 Å². The Bertz CT molecular complexity index is 1330. The van der Waals surface area contributed by atoms with E-state index in [1.807, 2.05) is 6.92 Å². The number of rotatable bonds is 4. The SMILES string of the molecule is Cc1nnn(CC(C)n2nnc3cc4c(=O)n(C5CC5)nnc4cc3c2=O)n1. The first-order valence-corrected chi connectivity index (χ1v) is 8.94. The van der Waals surface area contributed by atoms with Crippen molar-refractivity contribution in [3.8, 4) is 0 Å². The van der Waals surface area contributed by atoms with Crippen LogP contribution in [0.5, 0.6) is 0 Å². The third-order valence-corrected chi connectivity index (χ3v) is 4.78. The van der Waals surface area contributed by atoms with Crippen molar-refractivity contribution in [2.24, 2.45) is 0 Å². The molecule has 0 radical (unpaired) electrons. The van der Waals surface area contributed by atoms with Gasteiger partial charge < -0.3 is 0 Å². The maximum absolute atomic E-state index is 12.9. The Balaban J connectivity index is 1.60. The maximum Gasteiger partial charge on any atom is 0.277 e. The molecule has 1 unspecified atom stereocenters. The molecule has 0 N–H and O–H groups in total. The van der Waals surface area contributed by atoms with Crippen molar-refractivity contribution < 1.29 is 0 Å². The summed E-state index contributed by atoms with van der Waals surface area (Å²) in [7, 11) is 0. The van der Waals surface area contributed by atoms with Crippen LogP contribution < -0.4 is 11.1 Å². The summed E-state index contributed by atoms with van der Waals surface area (Å²) >= 11 is 0. The molecule has 1 aromatic carbocycles. The maximum atomic E-state index is 12.9. The van der Waals surface area contributed by atoms with Crippen LogP contribution in [0.1, 0.15) is 37.7 Å². The third kappa shape index (κ3) is 2.64. The van der Waals surface area contributed by atoms with E-state index in [0.717, 1.165) is 12.8 Å². The predicted octanol–water partition coefficient (Wildman–Crippen LogP) is -0.213. The van der Waals surface area contributed by atoms with Crippen molar-refractivity contribution in [3.63, 3.8) is 0 Å². The predicted molar refractivity (Wildman–Crippen MR) is 96.7 cm³/mol. The van der Waals surface area contributed by atoms with Crippen LogP contribution in [0.2, 0.25) is 0 Å². The minimum atomic E-state index is -0.345. The standard InChI is InChI=1S/C16H16N10O2/c1-8(7-24-20-9(2)17-21-24)25-15(27)11-5-14-12(6-13(11)18-22-25)16(28)26(23-19-14)10-3-4-10/h5-6,8,10H,3-4,7H2,1-2H3. The number of fused-ring (bicyclic) bond motifs is 2. The van der Waals surface area contributed by atoms with E-state index in [0.29, 0.717) is 34.2 Å². The molecule has 28 heavy (non-hydrogen) atoms. The van der Waals surface area contributed by atoms with E-state index in [4.69, 9.17) is 0 Å². The number of aryl methyl sites for hydroxylation is 1. The van der Waals surface area contributed by atoms with Crippen LogP contribution in [0, 0.1) is 6.92 Å². The van der Waals surface area contributed by atoms with E-state index in [-0.39, 0.29) is 23.2 Å². The molecule has 12 heteroatoms. The van der Waals surface area contributed by atoms with Gasteiger partial charge in [0, 0.05) is 0 Å². The van der Waals surface area contributed by atoms with Gasteiger partial charge in [-0.25, -0.2) is 9.36 Å². The van der Waals surface area contributed by atoms with Gasteiger partial charge in [-0.15, -0.1) is 20.4 Å². The number of aromatic nitrogens is 10. The third-order valence-electron chi connectivity index (χ3n) is 4.78. The van der Waals surface area contributed by atoms with Crippen LogP contribution in [0.3, 0.4) is 0 Å². The van der Waals surface area contributed by atoms with Crippen molar-refractivity contribution in [2.45, 2.75) is 45.3 Å². The smallest absolute Gasteiger partial charge is 0.267 e. The van der Waals surface area contributed by atoms with Gasteiger partial charge in [-0.2, -0.15) is 4.80 Å². The molecule has 0 aliphatic heterocycles. The Morgan fingerprint density at radius 3 is 2.32 bits per heavy atom. The highest BCUT2D eigenvalue weighted by Crippen LogP contribution is 2.32. The molecule has 1 fully saturated rings. The van der Waals surface area contributed by atoms with Crippen LogP contribution >= 0.6 is 0 Å². The summed E-state index contributed by atoms with van der Waals surface area (Å²) in [5.41, 5.74) is 0.168. The van der Waals surface area contributed by atoms with Gasteiger partial charge in [0.15, 0.2) is 5.82 Å². The molecule has 5 rings (SSSR count). The molecule has 3 heterocycles. The second-order valence-corrected chi connectivity index (χ2v) is 7.04. The van der Waals surface area contributed by atoms with E-state index in [9.17, 15) is 9.59 Å². The second kappa shape index (κ2) is 5.97. The molecular weight excluding hydrogens is 364 g/mol. The summed E-state index contributed by atoms with van der Waals surface area (Å²) in [6.07, 6.45) is 1.85. The van der Waals surface area contributed by atoms with E-state index in [1.165, 1.54) is 14.2 Å². The van der Waals surface area contributed by atoms with Crippen LogP contribution in [0.15, 0.2) is 21.7 Å². The Morgan fingerprint density at radius 2 is 1.68 bits per heavy atom. The Kier molecular flexibility index (Phi) is 3.54. The average molecular weight is 380 g/mol. The van der Waals surface area contributed by atoms with Crippen LogP contribution in [-0.4, -0.2) is 50.2 Å². The monoisotopic (exact) mass is 380 g/mol. The lowest BCUT2D eigenvalue weighted by atomic mass is 10.2. The molecule has 0 saturated heterocycles. The number of hydrogen-bond donors (Lipinski definition) is 0. The van der Waals surface area contributed by atoms with Gasteiger partial charge >= 0.3 is 0 Å². The van der Waals surface area contributed by atoms with Crippen LogP contribution in [-0.2, 0) is 6.54 Å². The Labute approximate surface area is 156 Å². The fourth-order valence-electron chi connectivity index (χ4n) is 3.17. The van der Waals surface area contributed by atoms with Crippen LogP contribution in [0.4, 0.5) is 0 Å². The van der Waals surface area contributed by atoms with Gasteiger partial charge in [0.1, 0.15) is 11.0 Å². The molecule has 0 bridgehead atoms. The van der Waals surface area contributed by atoms with Crippen molar-refractivity contribution in [2.75, 3.05) is 0 Å². The molecule has 142 valence electrons. The zero-order valence-electron chi connectivity index (χ0n) is 15.2. The lowest BCUT2D eigenvalue weighted by Crippen LogP contribution is -2.30. The quantitative estimate of drug-likeness (QED) is 0.440. The molecule has 3 aromatic heterocycles. The molecule has 1 saturated carbocycles. The first-order valence-electron chi connectivity index (χ1n) is 8.94. The Hall–Kier alpha value is -3.57. The summed E-state index contributed by atoms with van der Waals surface area (Å²) in [5, 5.41) is 28.9. The van der Waals surface area contributed by atoms with Gasteiger partial charge in [-0.3, -0.25) is 9.59 Å². The fraction of sp³-hybridized carbons (Fsp3) is 0.438. The molecule has 1 atom stereocenters. The lowest BCUT2D eigenvalue weighted by molar-refractivity contribution is 0.354. The normalized spacial score (nSPS) is 15.4. The van der Waals surface area contributed by atoms with Crippen molar-refractivity contribution in [3.05, 3.63) is 38.7 Å². The van der Waals surface area contributed by atoms with Crippen LogP contribution in [0.25, 0.3) is 21.8 Å². The van der Waals surface area contributed by atoms with Gasteiger partial charge in [-0.05, 0) is 44.0 Å². The van der Waals surface area contributed by atoms with Gasteiger partial charge in [0.2, 0.25) is 0 Å². The van der Waals surface area contributed by atoms with E-state index in [1.54, 1.807) is 19.1 Å². The Morgan fingerprint density at radius 1 is 1.00 bits per heavy atom. The van der Waals surface area contributed by atoms with Gasteiger partial charge in [-0.1, -0.05) is 10.4 Å². The van der Waals surface area contributed by atoms with Gasteiger partial charge in [0.05, 0.1) is 29.4 Å². The molecule has 4 aromatic rings. The first kappa shape index (κ1) is 16.6. The number of nitrogens with zero attached hydrogens (tertiary/aromatic N) is 10. The molecular formula is C16H16N10O2. The topological polar surface area (TPSA) is 139 Å². The minimum Gasteiger partial charge on any atom is -0.267 e. The number of hydrogen-bond acceptors (Lipinski definition) is 9. The van der Waals surface area contributed by atoms with E-state index < -0.39 is 0 Å². The summed E-state index contributed by atoms with van der Waals surface area (Å²) in [6, 6.07) is 2.89. The highest BCUT2D eigenvalue weighted by molar-refractivity contribution is 5.93. The highest BCUT2D eigenvalue weighted by atomic mass is 16.1. The number of benzene rings is 1. The summed E-state index contributed by atoms with van der Waals surface area (Å²) in [4.78, 5) is 27.0. The first-order chi connectivity index (χ1) is 13.5. The number of tetrazole rings is 1. The lowest BCUT2D eigenvalue weighted by Gasteiger charge is -2.12. The zero-order valence-corrected chi connectivity index (χ0v) is 15.2. The van der Waals surface area contributed by atoms with Gasteiger partial charge in [0.25, 0.3) is 11.1 Å². The van der Waals surface area contributed by atoms with Crippen molar-refractivity contribution in [1.82, 2.24) is 50.2 Å². The zero-order chi connectivity index (χ0) is 19.4. The minimum absolute atomic E-state index is 0.120. The molecule has 12 nitrogen and oxygen atoms in total. The van der Waals surface area contributed by atoms with E-state index in [2.05, 4.69) is 36.0 Å². The average Bonchev–Trinajstić information content (AvgIpc) is 3.43. The van der Waals surface area contributed by atoms with Crippen molar-refractivity contribution in [1.29, 1.82) is 0 Å². The summed E-state index contributed by atoms with van der Waals surface area (Å²) in [6.45, 7) is 3.87. The highest BCUT2D eigenvalue weighted by Gasteiger charge is 2.27. The largest absolute Gasteiger partial charge is 0.277 e. The summed E-state index contributed by atoms with van der Waals surface area (Å²) < 4.78 is 2.67. The second-order valence-electron chi connectivity index (χ2n) is 7.04. The molecule has 0 spiro atoms. The molecule has 1 aliphatic carbocycles. The van der Waals surface area contributed by atoms with E-state index >= 15 is 0 Å². The summed E-state index contributed by atoms with van der Waals surface area (Å²) in [5.74, 6) is 0.547. The molecule has 0 amide bonds. The molecule has 1 aliphatic rings. The fourth-order valence-corrected chi connectivity index (χ4v) is 3.17.